The van der Waals surface area contributed by atoms with Gasteiger partial charge in [-0.2, -0.15) is 0 Å². The van der Waals surface area contributed by atoms with Gasteiger partial charge >= 0.3 is 0 Å². The maximum atomic E-state index is 13.7. The van der Waals surface area contributed by atoms with Crippen LogP contribution in [0.4, 0.5) is 4.39 Å². The van der Waals surface area contributed by atoms with Gasteiger partial charge in [-0.3, -0.25) is 0 Å². The number of aliphatic hydroxyl groups is 1. The zero-order valence-electron chi connectivity index (χ0n) is 11.8. The number of aliphatic hydroxyl groups excluding tert-OH is 1. The van der Waals surface area contributed by atoms with Crippen LogP contribution in [-0.2, 0) is 16.6 Å². The summed E-state index contributed by atoms with van der Waals surface area (Å²) in [4.78, 5) is -0.210. The lowest BCUT2D eigenvalue weighted by Crippen LogP contribution is -2.37. The number of rotatable bonds is 5. The minimum atomic E-state index is -3.83. The first-order valence-corrected chi connectivity index (χ1v) is 8.82. The third-order valence-corrected chi connectivity index (χ3v) is 5.97. The van der Waals surface area contributed by atoms with E-state index in [2.05, 4.69) is 4.72 Å². The van der Waals surface area contributed by atoms with Crippen LogP contribution in [0.25, 0.3) is 0 Å². The molecule has 21 heavy (non-hydrogen) atoms. The highest BCUT2D eigenvalue weighted by molar-refractivity contribution is 7.89. The highest BCUT2D eigenvalue weighted by atomic mass is 35.5. The molecule has 1 unspecified atom stereocenters. The second kappa shape index (κ2) is 6.60. The molecule has 0 radical (unpaired) electrons. The predicted octanol–water partition coefficient (Wildman–Crippen LogP) is 2.83. The molecule has 0 amide bonds. The summed E-state index contributed by atoms with van der Waals surface area (Å²) in [5.41, 5.74) is 0.0607. The van der Waals surface area contributed by atoms with Crippen molar-refractivity contribution in [3.8, 4) is 0 Å². The highest BCUT2D eigenvalue weighted by Gasteiger charge is 2.27. The monoisotopic (exact) mass is 335 g/mol. The topological polar surface area (TPSA) is 66.4 Å². The van der Waals surface area contributed by atoms with Gasteiger partial charge in [-0.05, 0) is 37.8 Å². The van der Waals surface area contributed by atoms with Crippen molar-refractivity contribution in [3.63, 3.8) is 0 Å². The lowest BCUT2D eigenvalue weighted by molar-refractivity contribution is 0.281. The van der Waals surface area contributed by atoms with Crippen molar-refractivity contribution in [3.05, 3.63) is 28.5 Å². The molecule has 7 heteroatoms. The van der Waals surface area contributed by atoms with Crippen LogP contribution in [0.2, 0.25) is 5.02 Å². The zero-order chi connectivity index (χ0) is 15.6. The van der Waals surface area contributed by atoms with Crippen molar-refractivity contribution in [1.82, 2.24) is 4.72 Å². The molecule has 0 spiro atoms. The molecule has 0 saturated heterocycles. The van der Waals surface area contributed by atoms with E-state index in [1.165, 1.54) is 6.07 Å². The van der Waals surface area contributed by atoms with Crippen molar-refractivity contribution in [2.24, 2.45) is 5.92 Å². The standard InChI is InChI=1S/C14H19ClFNO3S/c1-9(10-4-2-3-5-10)17-21(19,20)12-6-11(8-18)14(15)13(16)7-12/h6-7,9-10,17-18H,2-5,8H2,1H3. The molecule has 0 aliphatic heterocycles. The first-order chi connectivity index (χ1) is 9.85. The van der Waals surface area contributed by atoms with Crippen LogP contribution in [0, 0.1) is 11.7 Å². The van der Waals surface area contributed by atoms with Crippen LogP contribution < -0.4 is 4.72 Å². The van der Waals surface area contributed by atoms with Crippen molar-refractivity contribution in [2.45, 2.75) is 50.2 Å². The van der Waals surface area contributed by atoms with E-state index in [0.29, 0.717) is 5.92 Å². The quantitative estimate of drug-likeness (QED) is 0.869. The second-order valence-electron chi connectivity index (χ2n) is 5.49. The molecule has 2 rings (SSSR count). The summed E-state index contributed by atoms with van der Waals surface area (Å²) >= 11 is 5.67. The minimum Gasteiger partial charge on any atom is -0.392 e. The molecule has 2 N–H and O–H groups in total. The van der Waals surface area contributed by atoms with Gasteiger partial charge in [0.05, 0.1) is 16.5 Å². The van der Waals surface area contributed by atoms with Crippen molar-refractivity contribution >= 4 is 21.6 Å². The maximum Gasteiger partial charge on any atom is 0.240 e. The number of halogens is 2. The summed E-state index contributed by atoms with van der Waals surface area (Å²) in [5.74, 6) is -0.536. The summed E-state index contributed by atoms with van der Waals surface area (Å²) in [7, 11) is -3.83. The van der Waals surface area contributed by atoms with Crippen molar-refractivity contribution < 1.29 is 17.9 Å². The van der Waals surface area contributed by atoms with E-state index in [1.54, 1.807) is 0 Å². The van der Waals surface area contributed by atoms with E-state index in [9.17, 15) is 12.8 Å². The number of benzene rings is 1. The number of sulfonamides is 1. The average molecular weight is 336 g/mol. The maximum absolute atomic E-state index is 13.7. The van der Waals surface area contributed by atoms with Gasteiger partial charge in [-0.25, -0.2) is 17.5 Å². The highest BCUT2D eigenvalue weighted by Crippen LogP contribution is 2.29. The molecule has 118 valence electrons. The fraction of sp³-hybridized carbons (Fsp3) is 0.571. The Kier molecular flexibility index (Phi) is 5.24. The van der Waals surface area contributed by atoms with Gasteiger partial charge in [-0.15, -0.1) is 0 Å². The normalized spacial score (nSPS) is 18.1. The fourth-order valence-corrected chi connectivity index (χ4v) is 4.30. The Labute approximate surface area is 129 Å². The number of nitrogens with one attached hydrogen (secondary N) is 1. The summed E-state index contributed by atoms with van der Waals surface area (Å²) < 4.78 is 40.9. The predicted molar refractivity (Wildman–Crippen MR) is 79.1 cm³/mol. The van der Waals surface area contributed by atoms with E-state index in [-0.39, 0.29) is 21.5 Å². The van der Waals surface area contributed by atoms with Gasteiger partial charge in [0, 0.05) is 11.6 Å². The molecule has 0 bridgehead atoms. The number of hydrogen-bond acceptors (Lipinski definition) is 3. The number of hydrogen-bond donors (Lipinski definition) is 2. The van der Waals surface area contributed by atoms with Crippen LogP contribution >= 0.6 is 11.6 Å². The Bertz CT molecular complexity index is 615. The second-order valence-corrected chi connectivity index (χ2v) is 7.58. The smallest absolute Gasteiger partial charge is 0.240 e. The first kappa shape index (κ1) is 16.7. The molecule has 1 aliphatic carbocycles. The van der Waals surface area contributed by atoms with Crippen molar-refractivity contribution in [2.75, 3.05) is 0 Å². The largest absolute Gasteiger partial charge is 0.392 e. The summed E-state index contributed by atoms with van der Waals surface area (Å²) in [6, 6.07) is 1.88. The van der Waals surface area contributed by atoms with Gasteiger partial charge in [0.1, 0.15) is 5.82 Å². The summed E-state index contributed by atoms with van der Waals surface area (Å²) in [5, 5.41) is 8.87. The molecule has 1 aromatic rings. The summed E-state index contributed by atoms with van der Waals surface area (Å²) in [6.45, 7) is 1.31. The fourth-order valence-electron chi connectivity index (χ4n) is 2.75. The third kappa shape index (κ3) is 3.74. The molecule has 1 atom stereocenters. The van der Waals surface area contributed by atoms with Crippen LogP contribution in [-0.4, -0.2) is 19.6 Å². The molecule has 0 aromatic heterocycles. The first-order valence-electron chi connectivity index (χ1n) is 6.96. The molecule has 1 fully saturated rings. The molecule has 4 nitrogen and oxygen atoms in total. The van der Waals surface area contributed by atoms with Gasteiger partial charge < -0.3 is 5.11 Å². The van der Waals surface area contributed by atoms with Crippen LogP contribution in [0.3, 0.4) is 0 Å². The molecule has 0 heterocycles. The van der Waals surface area contributed by atoms with E-state index < -0.39 is 22.4 Å². The van der Waals surface area contributed by atoms with Gasteiger partial charge in [0.25, 0.3) is 0 Å². The Hall–Kier alpha value is -0.690. The van der Waals surface area contributed by atoms with Gasteiger partial charge in [0.2, 0.25) is 10.0 Å². The average Bonchev–Trinajstić information content (AvgIpc) is 2.95. The van der Waals surface area contributed by atoms with E-state index >= 15 is 0 Å². The molecule has 1 aromatic carbocycles. The Balaban J connectivity index is 2.24. The molecule has 1 saturated carbocycles. The van der Waals surface area contributed by atoms with Crippen LogP contribution in [0.15, 0.2) is 17.0 Å². The van der Waals surface area contributed by atoms with E-state index in [4.69, 9.17) is 16.7 Å². The summed E-state index contributed by atoms with van der Waals surface area (Å²) in [6.07, 6.45) is 4.23. The zero-order valence-corrected chi connectivity index (χ0v) is 13.3. The van der Waals surface area contributed by atoms with E-state index in [1.807, 2.05) is 6.92 Å². The lowest BCUT2D eigenvalue weighted by Gasteiger charge is -2.20. The third-order valence-electron chi connectivity index (χ3n) is 4.01. The Morgan fingerprint density at radius 1 is 1.43 bits per heavy atom. The molecular formula is C14H19ClFNO3S. The van der Waals surface area contributed by atoms with Crippen LogP contribution in [0.5, 0.6) is 0 Å². The minimum absolute atomic E-state index is 0.0607. The van der Waals surface area contributed by atoms with Gasteiger partial charge in [-0.1, -0.05) is 24.4 Å². The molecule has 1 aliphatic rings. The van der Waals surface area contributed by atoms with Crippen LogP contribution in [0.1, 0.15) is 38.2 Å². The van der Waals surface area contributed by atoms with Gasteiger partial charge in [0.15, 0.2) is 0 Å². The molecular weight excluding hydrogens is 317 g/mol. The Morgan fingerprint density at radius 2 is 2.05 bits per heavy atom. The Morgan fingerprint density at radius 3 is 2.62 bits per heavy atom. The SMILES string of the molecule is CC(NS(=O)(=O)c1cc(F)c(Cl)c(CO)c1)C1CCCC1. The van der Waals surface area contributed by atoms with Crippen molar-refractivity contribution in [1.29, 1.82) is 0 Å². The lowest BCUT2D eigenvalue weighted by atomic mass is 10.0. The van der Waals surface area contributed by atoms with E-state index in [0.717, 1.165) is 31.7 Å².